The van der Waals surface area contributed by atoms with E-state index >= 15 is 0 Å². The van der Waals surface area contributed by atoms with Crippen molar-refractivity contribution in [3.63, 3.8) is 0 Å². The molecule has 2 aromatic rings. The SMILES string of the molecule is O=C([O-])c1ccccc1S(=O)O.O=C([O-])c1ccccc1S(=O)O.[Na+].[Na+]. The van der Waals surface area contributed by atoms with Gasteiger partial charge in [0.1, 0.15) is 0 Å². The minimum atomic E-state index is -2.28. The summed E-state index contributed by atoms with van der Waals surface area (Å²) in [6.07, 6.45) is 0. The Hall–Kier alpha value is -0.400. The monoisotopic (exact) mass is 416 g/mol. The normalized spacial score (nSPS) is 11.5. The standard InChI is InChI=1S/2C7H6O4S.2Na/c2*8-7(9)5-3-1-2-4-6(5)12(10)11;;/h2*1-4H,(H,8,9)(H,10,11);;/q;;2*+1/p-2. The number of carboxylic acid groups (broad SMARTS) is 2. The molecule has 0 aliphatic heterocycles. The number of carbonyl (C=O) groups excluding carboxylic acids is 2. The number of rotatable bonds is 4. The maximum absolute atomic E-state index is 10.5. The maximum Gasteiger partial charge on any atom is 1.00 e. The van der Waals surface area contributed by atoms with Crippen molar-refractivity contribution in [2.75, 3.05) is 0 Å². The number of aromatic carboxylic acids is 2. The first-order valence-electron chi connectivity index (χ1n) is 6.08. The molecule has 26 heavy (non-hydrogen) atoms. The van der Waals surface area contributed by atoms with Crippen molar-refractivity contribution in [3.05, 3.63) is 59.7 Å². The van der Waals surface area contributed by atoms with E-state index in [9.17, 15) is 28.2 Å². The summed E-state index contributed by atoms with van der Waals surface area (Å²) in [5.41, 5.74) is -0.503. The summed E-state index contributed by atoms with van der Waals surface area (Å²) in [5, 5.41) is 20.7. The molecule has 12 heteroatoms. The third kappa shape index (κ3) is 8.53. The Morgan fingerprint density at radius 1 is 0.692 bits per heavy atom. The van der Waals surface area contributed by atoms with E-state index in [1.165, 1.54) is 48.5 Å². The van der Waals surface area contributed by atoms with Gasteiger partial charge in [-0.05, 0) is 12.1 Å². The summed E-state index contributed by atoms with van der Waals surface area (Å²) >= 11 is -4.56. The van der Waals surface area contributed by atoms with Crippen LogP contribution in [-0.4, -0.2) is 29.5 Å². The predicted octanol–water partition coefficient (Wildman–Crippen LogP) is -6.73. The second kappa shape index (κ2) is 13.7. The number of carbonyl (C=O) groups is 2. The van der Waals surface area contributed by atoms with Crippen LogP contribution in [0.5, 0.6) is 0 Å². The first-order chi connectivity index (χ1) is 11.3. The molecule has 0 fully saturated rings. The van der Waals surface area contributed by atoms with Crippen molar-refractivity contribution in [1.82, 2.24) is 0 Å². The molecular formula is C14H10Na2O8S2. The van der Waals surface area contributed by atoms with Crippen LogP contribution in [0.1, 0.15) is 20.7 Å². The summed E-state index contributed by atoms with van der Waals surface area (Å²) in [4.78, 5) is 20.5. The molecule has 128 valence electrons. The van der Waals surface area contributed by atoms with Crippen LogP contribution in [0.3, 0.4) is 0 Å². The molecule has 2 atom stereocenters. The summed E-state index contributed by atoms with van der Waals surface area (Å²) in [7, 11) is 0. The van der Waals surface area contributed by atoms with Gasteiger partial charge < -0.3 is 28.9 Å². The van der Waals surface area contributed by atoms with Crippen molar-refractivity contribution in [2.45, 2.75) is 9.79 Å². The van der Waals surface area contributed by atoms with Gasteiger partial charge in [0.15, 0.2) is 22.2 Å². The van der Waals surface area contributed by atoms with Crippen molar-refractivity contribution in [1.29, 1.82) is 0 Å². The molecule has 0 aliphatic carbocycles. The van der Waals surface area contributed by atoms with Gasteiger partial charge in [0.2, 0.25) is 0 Å². The molecule has 0 aromatic heterocycles. The van der Waals surface area contributed by atoms with E-state index in [1.807, 2.05) is 0 Å². The van der Waals surface area contributed by atoms with Gasteiger partial charge in [-0.15, -0.1) is 0 Å². The zero-order valence-electron chi connectivity index (χ0n) is 13.8. The Morgan fingerprint density at radius 3 is 1.15 bits per heavy atom. The summed E-state index contributed by atoms with van der Waals surface area (Å²) in [5.74, 6) is -2.90. The van der Waals surface area contributed by atoms with Crippen LogP contribution in [0.25, 0.3) is 0 Å². The van der Waals surface area contributed by atoms with Gasteiger partial charge >= 0.3 is 59.1 Å². The number of carboxylic acids is 2. The smallest absolute Gasteiger partial charge is 0.545 e. The quantitative estimate of drug-likeness (QED) is 0.368. The first kappa shape index (κ1) is 27.8. The summed E-state index contributed by atoms with van der Waals surface area (Å²) < 4.78 is 38.4. The molecule has 0 amide bonds. The van der Waals surface area contributed by atoms with Crippen LogP contribution >= 0.6 is 0 Å². The molecule has 0 saturated carbocycles. The molecule has 0 saturated heterocycles. The average molecular weight is 416 g/mol. The van der Waals surface area contributed by atoms with Gasteiger partial charge in [-0.3, -0.25) is 0 Å². The van der Waals surface area contributed by atoms with Gasteiger partial charge in [0.05, 0.1) is 21.7 Å². The average Bonchev–Trinajstić information content (AvgIpc) is 2.55. The van der Waals surface area contributed by atoms with Gasteiger partial charge in [-0.2, -0.15) is 0 Å². The fraction of sp³-hybridized carbons (Fsp3) is 0. The van der Waals surface area contributed by atoms with Crippen LogP contribution in [0.4, 0.5) is 0 Å². The molecule has 2 aromatic carbocycles. The third-order valence-corrected chi connectivity index (χ3v) is 4.05. The Morgan fingerprint density at radius 2 is 0.962 bits per heavy atom. The first-order valence-corrected chi connectivity index (χ1v) is 8.29. The molecule has 2 unspecified atom stereocenters. The van der Waals surface area contributed by atoms with Crippen LogP contribution < -0.4 is 69.3 Å². The van der Waals surface area contributed by atoms with Crippen LogP contribution in [0.15, 0.2) is 58.3 Å². The van der Waals surface area contributed by atoms with E-state index < -0.39 is 34.1 Å². The number of hydrogen-bond acceptors (Lipinski definition) is 6. The zero-order chi connectivity index (χ0) is 18.3. The molecule has 8 nitrogen and oxygen atoms in total. The van der Waals surface area contributed by atoms with Crippen molar-refractivity contribution < 1.29 is 96.4 Å². The van der Waals surface area contributed by atoms with Gasteiger partial charge in [-0.1, -0.05) is 36.4 Å². The van der Waals surface area contributed by atoms with Gasteiger partial charge in [0.25, 0.3) is 0 Å². The Bertz CT molecular complexity index is 680. The van der Waals surface area contributed by atoms with E-state index in [2.05, 4.69) is 0 Å². The minimum absolute atomic E-state index is 0. The van der Waals surface area contributed by atoms with E-state index in [4.69, 9.17) is 9.11 Å². The molecule has 2 rings (SSSR count). The van der Waals surface area contributed by atoms with E-state index in [0.29, 0.717) is 0 Å². The largest absolute Gasteiger partial charge is 1.00 e. The van der Waals surface area contributed by atoms with Crippen LogP contribution in [0, 0.1) is 0 Å². The molecular weight excluding hydrogens is 406 g/mol. The van der Waals surface area contributed by atoms with Crippen molar-refractivity contribution in [3.8, 4) is 0 Å². The summed E-state index contributed by atoms with van der Waals surface area (Å²) in [6, 6.07) is 10.9. The molecule has 0 bridgehead atoms. The number of benzene rings is 2. The summed E-state index contributed by atoms with van der Waals surface area (Å²) in [6.45, 7) is 0. The Labute approximate surface area is 198 Å². The second-order valence-corrected chi connectivity index (χ2v) is 5.94. The van der Waals surface area contributed by atoms with E-state index in [0.717, 1.165) is 0 Å². The van der Waals surface area contributed by atoms with E-state index in [1.54, 1.807) is 0 Å². The topological polar surface area (TPSA) is 155 Å². The Balaban J connectivity index is 0. The van der Waals surface area contributed by atoms with E-state index in [-0.39, 0.29) is 80.0 Å². The van der Waals surface area contributed by atoms with Crippen molar-refractivity contribution in [2.24, 2.45) is 0 Å². The van der Waals surface area contributed by atoms with Crippen molar-refractivity contribution >= 4 is 34.1 Å². The third-order valence-electron chi connectivity index (χ3n) is 2.59. The minimum Gasteiger partial charge on any atom is -0.545 e. The van der Waals surface area contributed by atoms with Crippen LogP contribution in [-0.2, 0) is 22.2 Å². The fourth-order valence-corrected chi connectivity index (χ4v) is 2.64. The molecule has 0 spiro atoms. The fourth-order valence-electron chi connectivity index (χ4n) is 1.58. The van der Waals surface area contributed by atoms with Gasteiger partial charge in [-0.25, -0.2) is 8.42 Å². The maximum atomic E-state index is 10.5. The molecule has 0 radical (unpaired) electrons. The predicted molar refractivity (Wildman–Crippen MR) is 79.6 cm³/mol. The second-order valence-electron chi connectivity index (χ2n) is 4.07. The number of hydrogen-bond donors (Lipinski definition) is 2. The zero-order valence-corrected chi connectivity index (χ0v) is 19.4. The van der Waals surface area contributed by atoms with Gasteiger partial charge in [0, 0.05) is 11.1 Å². The molecule has 0 aliphatic rings. The Kier molecular flexibility index (Phi) is 14.7. The van der Waals surface area contributed by atoms with Crippen LogP contribution in [0.2, 0.25) is 0 Å². The molecule has 0 heterocycles. The molecule has 2 N–H and O–H groups in total.